The van der Waals surface area contributed by atoms with E-state index in [1.807, 2.05) is 24.3 Å². The highest BCUT2D eigenvalue weighted by Crippen LogP contribution is 2.36. The molecule has 1 atom stereocenters. The second kappa shape index (κ2) is 7.97. The quantitative estimate of drug-likeness (QED) is 0.559. The fourth-order valence-electron chi connectivity index (χ4n) is 3.04. The maximum absolute atomic E-state index is 12.7. The summed E-state index contributed by atoms with van der Waals surface area (Å²) in [6, 6.07) is 12.5. The summed E-state index contributed by atoms with van der Waals surface area (Å²) >= 11 is 0. The summed E-state index contributed by atoms with van der Waals surface area (Å²) < 4.78 is 38.2. The number of hydrogen-bond donors (Lipinski definition) is 2. The first kappa shape index (κ1) is 21.1. The van der Waals surface area contributed by atoms with Crippen molar-refractivity contribution in [3.05, 3.63) is 70.8 Å². The summed E-state index contributed by atoms with van der Waals surface area (Å²) in [5.41, 5.74) is 7.81. The average molecular weight is 392 g/mol. The van der Waals surface area contributed by atoms with Crippen molar-refractivity contribution < 1.29 is 13.2 Å². The zero-order valence-electron chi connectivity index (χ0n) is 13.1. The minimum Gasteiger partial charge on any atom is -0.370 e. The minimum absolute atomic E-state index is 0. The normalized spacial score (nSPS) is 16.3. The standard InChI is InChI=1S/C17H16F3N3.2ClH/c18-17(19,20)13-7-5-12(6-8-13)15-14-4-2-1-3-11(14)9-10-23(15)16(21)22;;/h1-8,15H,9-10H2,(H3,21,22);2*1H. The Hall–Kier alpha value is -1.92. The lowest BCUT2D eigenvalue weighted by Gasteiger charge is -2.38. The van der Waals surface area contributed by atoms with Gasteiger partial charge in [-0.1, -0.05) is 36.4 Å². The van der Waals surface area contributed by atoms with Gasteiger partial charge in [-0.15, -0.1) is 24.8 Å². The first-order valence-electron chi connectivity index (χ1n) is 7.23. The van der Waals surface area contributed by atoms with Gasteiger partial charge in [-0.25, -0.2) is 0 Å². The molecule has 1 heterocycles. The lowest BCUT2D eigenvalue weighted by molar-refractivity contribution is -0.137. The summed E-state index contributed by atoms with van der Waals surface area (Å²) in [6.45, 7) is 0.567. The zero-order chi connectivity index (χ0) is 16.6. The lowest BCUT2D eigenvalue weighted by Crippen LogP contribution is -2.44. The average Bonchev–Trinajstić information content (AvgIpc) is 2.53. The molecule has 25 heavy (non-hydrogen) atoms. The number of benzene rings is 2. The van der Waals surface area contributed by atoms with Gasteiger partial charge in [0.15, 0.2) is 5.96 Å². The SMILES string of the molecule is Cl.Cl.N=C(N)N1CCc2ccccc2C1c1ccc(C(F)(F)F)cc1. The van der Waals surface area contributed by atoms with Gasteiger partial charge < -0.3 is 10.6 Å². The van der Waals surface area contributed by atoms with Crippen LogP contribution in [0.15, 0.2) is 48.5 Å². The number of nitrogens with one attached hydrogen (secondary N) is 1. The van der Waals surface area contributed by atoms with Gasteiger partial charge in [0.1, 0.15) is 0 Å². The third-order valence-corrected chi connectivity index (χ3v) is 4.15. The molecule has 1 aliphatic rings. The molecule has 0 amide bonds. The van der Waals surface area contributed by atoms with E-state index < -0.39 is 11.7 Å². The number of fused-ring (bicyclic) bond motifs is 1. The van der Waals surface area contributed by atoms with E-state index in [0.717, 1.165) is 29.7 Å². The molecule has 0 spiro atoms. The Morgan fingerprint density at radius 2 is 1.64 bits per heavy atom. The molecule has 136 valence electrons. The number of nitrogens with two attached hydrogens (primary N) is 1. The smallest absolute Gasteiger partial charge is 0.370 e. The molecule has 0 aromatic heterocycles. The van der Waals surface area contributed by atoms with Gasteiger partial charge >= 0.3 is 6.18 Å². The highest BCUT2D eigenvalue weighted by molar-refractivity contribution is 5.85. The predicted molar refractivity (Wildman–Crippen MR) is 96.5 cm³/mol. The number of alkyl halides is 3. The Labute approximate surface area is 156 Å². The molecule has 1 unspecified atom stereocenters. The maximum atomic E-state index is 12.7. The van der Waals surface area contributed by atoms with E-state index in [2.05, 4.69) is 0 Å². The summed E-state index contributed by atoms with van der Waals surface area (Å²) in [6.07, 6.45) is -3.60. The van der Waals surface area contributed by atoms with E-state index in [1.54, 1.807) is 4.90 Å². The summed E-state index contributed by atoms with van der Waals surface area (Å²) in [4.78, 5) is 1.71. The van der Waals surface area contributed by atoms with E-state index in [9.17, 15) is 13.2 Å². The molecule has 0 fully saturated rings. The van der Waals surface area contributed by atoms with Gasteiger partial charge in [0.2, 0.25) is 0 Å². The molecule has 0 saturated heterocycles. The van der Waals surface area contributed by atoms with Crippen LogP contribution in [-0.2, 0) is 12.6 Å². The summed E-state index contributed by atoms with van der Waals surface area (Å²) in [5.74, 6) is -0.0793. The van der Waals surface area contributed by atoms with Crippen LogP contribution >= 0.6 is 24.8 Å². The van der Waals surface area contributed by atoms with Crippen LogP contribution in [0.5, 0.6) is 0 Å². The molecule has 0 radical (unpaired) electrons. The third-order valence-electron chi connectivity index (χ3n) is 4.15. The first-order valence-corrected chi connectivity index (χ1v) is 7.23. The second-order valence-corrected chi connectivity index (χ2v) is 5.55. The topological polar surface area (TPSA) is 53.1 Å². The molecule has 3 rings (SSSR count). The molecule has 0 aliphatic carbocycles. The molecule has 1 aliphatic heterocycles. The van der Waals surface area contributed by atoms with Crippen molar-refractivity contribution in [3.63, 3.8) is 0 Å². The monoisotopic (exact) mass is 391 g/mol. The van der Waals surface area contributed by atoms with Crippen LogP contribution in [0, 0.1) is 5.41 Å². The van der Waals surface area contributed by atoms with Gasteiger partial charge in [-0.2, -0.15) is 13.2 Å². The zero-order valence-corrected chi connectivity index (χ0v) is 14.7. The third kappa shape index (κ3) is 4.19. The van der Waals surface area contributed by atoms with Gasteiger partial charge in [0.05, 0.1) is 11.6 Å². The molecule has 3 N–H and O–H groups in total. The molecule has 2 aromatic carbocycles. The highest BCUT2D eigenvalue weighted by atomic mass is 35.5. The van der Waals surface area contributed by atoms with Crippen molar-refractivity contribution in [1.82, 2.24) is 4.90 Å². The van der Waals surface area contributed by atoms with Crippen molar-refractivity contribution in [2.45, 2.75) is 18.6 Å². The van der Waals surface area contributed by atoms with E-state index in [4.69, 9.17) is 11.1 Å². The van der Waals surface area contributed by atoms with Crippen LogP contribution in [0.1, 0.15) is 28.3 Å². The van der Waals surface area contributed by atoms with E-state index in [-0.39, 0.29) is 36.8 Å². The number of hydrogen-bond acceptors (Lipinski definition) is 1. The van der Waals surface area contributed by atoms with E-state index in [0.29, 0.717) is 12.1 Å². The first-order chi connectivity index (χ1) is 10.9. The van der Waals surface area contributed by atoms with Crippen molar-refractivity contribution >= 4 is 30.8 Å². The maximum Gasteiger partial charge on any atom is 0.416 e. The second-order valence-electron chi connectivity index (χ2n) is 5.55. The van der Waals surface area contributed by atoms with Crippen molar-refractivity contribution in [2.24, 2.45) is 5.73 Å². The summed E-state index contributed by atoms with van der Waals surface area (Å²) in [5, 5.41) is 7.78. The van der Waals surface area contributed by atoms with Crippen molar-refractivity contribution in [2.75, 3.05) is 6.54 Å². The highest BCUT2D eigenvalue weighted by Gasteiger charge is 2.32. The Bertz CT molecular complexity index is 733. The molecular weight excluding hydrogens is 374 g/mol. The largest absolute Gasteiger partial charge is 0.416 e. The molecule has 0 saturated carbocycles. The predicted octanol–water partition coefficient (Wildman–Crippen LogP) is 4.39. The molecule has 3 nitrogen and oxygen atoms in total. The molecule has 8 heteroatoms. The van der Waals surface area contributed by atoms with Crippen LogP contribution in [0.2, 0.25) is 0 Å². The number of guanidine groups is 1. The van der Waals surface area contributed by atoms with Gasteiger partial charge in [0.25, 0.3) is 0 Å². The Morgan fingerprint density at radius 3 is 2.20 bits per heavy atom. The number of nitrogens with zero attached hydrogens (tertiary/aromatic N) is 1. The van der Waals surface area contributed by atoms with Crippen molar-refractivity contribution in [3.8, 4) is 0 Å². The van der Waals surface area contributed by atoms with Crippen LogP contribution < -0.4 is 5.73 Å². The minimum atomic E-state index is -4.36. The number of rotatable bonds is 1. The molecule has 2 aromatic rings. The Morgan fingerprint density at radius 1 is 1.04 bits per heavy atom. The van der Waals surface area contributed by atoms with Gasteiger partial charge in [0, 0.05) is 6.54 Å². The summed E-state index contributed by atoms with van der Waals surface area (Å²) in [7, 11) is 0. The van der Waals surface area contributed by atoms with E-state index >= 15 is 0 Å². The Balaban J connectivity index is 0.00000156. The fourth-order valence-corrected chi connectivity index (χ4v) is 3.04. The fraction of sp³-hybridized carbons (Fsp3) is 0.235. The molecule has 0 bridgehead atoms. The Kier molecular flexibility index (Phi) is 6.74. The van der Waals surface area contributed by atoms with E-state index in [1.165, 1.54) is 12.1 Å². The van der Waals surface area contributed by atoms with Crippen molar-refractivity contribution in [1.29, 1.82) is 5.41 Å². The number of halogens is 5. The van der Waals surface area contributed by atoms with Crippen LogP contribution in [0.25, 0.3) is 0 Å². The van der Waals surface area contributed by atoms with Crippen LogP contribution in [0.3, 0.4) is 0 Å². The van der Waals surface area contributed by atoms with Gasteiger partial charge in [-0.05, 0) is 35.2 Å². The van der Waals surface area contributed by atoms with Gasteiger partial charge in [-0.3, -0.25) is 5.41 Å². The molecular formula is C17H18Cl2F3N3. The van der Waals surface area contributed by atoms with Crippen LogP contribution in [0.4, 0.5) is 13.2 Å². The van der Waals surface area contributed by atoms with Crippen LogP contribution in [-0.4, -0.2) is 17.4 Å². The lowest BCUT2D eigenvalue weighted by atomic mass is 9.88.